The van der Waals surface area contributed by atoms with Gasteiger partial charge in [-0.3, -0.25) is 9.59 Å². The summed E-state index contributed by atoms with van der Waals surface area (Å²) >= 11 is 0. The van der Waals surface area contributed by atoms with Crippen molar-refractivity contribution in [2.75, 3.05) is 0 Å². The van der Waals surface area contributed by atoms with E-state index >= 15 is 0 Å². The Balaban J connectivity index is 2.55. The molecule has 0 aromatic heterocycles. The highest BCUT2D eigenvalue weighted by Gasteiger charge is 2.32. The second kappa shape index (κ2) is 10.7. The minimum Gasteiger partial charge on any atom is -0.462 e. The lowest BCUT2D eigenvalue weighted by atomic mass is 9.97. The average molecular weight is 326 g/mol. The van der Waals surface area contributed by atoms with E-state index in [4.69, 9.17) is 9.47 Å². The Morgan fingerprint density at radius 2 is 1.70 bits per heavy atom. The highest BCUT2D eigenvalue weighted by molar-refractivity contribution is 5.95. The number of hydrogen-bond acceptors (Lipinski definition) is 4. The highest BCUT2D eigenvalue weighted by Crippen LogP contribution is 2.23. The van der Waals surface area contributed by atoms with Crippen LogP contribution in [0.25, 0.3) is 0 Å². The van der Waals surface area contributed by atoms with Gasteiger partial charge in [0.2, 0.25) is 0 Å². The van der Waals surface area contributed by atoms with Gasteiger partial charge in [-0.1, -0.05) is 40.5 Å². The molecule has 4 nitrogen and oxygen atoms in total. The second-order valence-electron chi connectivity index (χ2n) is 7.13. The molecule has 1 aliphatic carbocycles. The summed E-state index contributed by atoms with van der Waals surface area (Å²) < 4.78 is 11.2. The Hall–Kier alpha value is -1.06. The number of esters is 2. The molecule has 0 amide bonds. The first-order chi connectivity index (χ1) is 11.0. The average Bonchev–Trinajstić information content (AvgIpc) is 2.48. The van der Waals surface area contributed by atoms with Crippen molar-refractivity contribution >= 4 is 11.9 Å². The minimum absolute atomic E-state index is 0.0137. The van der Waals surface area contributed by atoms with E-state index in [1.54, 1.807) is 0 Å². The zero-order valence-corrected chi connectivity index (χ0v) is 15.3. The summed E-state index contributed by atoms with van der Waals surface area (Å²) in [5.41, 5.74) is 0. The molecule has 0 spiro atoms. The summed E-state index contributed by atoms with van der Waals surface area (Å²) in [5, 5.41) is 0. The molecular weight excluding hydrogens is 292 g/mol. The van der Waals surface area contributed by atoms with Crippen LogP contribution >= 0.6 is 0 Å². The zero-order valence-electron chi connectivity index (χ0n) is 15.3. The summed E-state index contributed by atoms with van der Waals surface area (Å²) in [6.07, 6.45) is 8.24. The maximum atomic E-state index is 12.4. The van der Waals surface area contributed by atoms with Gasteiger partial charge in [-0.25, -0.2) is 0 Å². The molecule has 0 bridgehead atoms. The van der Waals surface area contributed by atoms with E-state index in [2.05, 4.69) is 20.8 Å². The van der Waals surface area contributed by atoms with E-state index in [1.807, 2.05) is 6.92 Å². The first-order valence-corrected chi connectivity index (χ1v) is 9.38. The van der Waals surface area contributed by atoms with E-state index in [0.717, 1.165) is 44.9 Å². The van der Waals surface area contributed by atoms with Gasteiger partial charge < -0.3 is 9.47 Å². The lowest BCUT2D eigenvalue weighted by molar-refractivity contribution is -0.169. The molecule has 23 heavy (non-hydrogen) atoms. The first-order valence-electron chi connectivity index (χ1n) is 9.38. The van der Waals surface area contributed by atoms with Crippen LogP contribution in [0.4, 0.5) is 0 Å². The van der Waals surface area contributed by atoms with Crippen LogP contribution in [0.5, 0.6) is 0 Å². The van der Waals surface area contributed by atoms with E-state index < -0.39 is 17.9 Å². The summed E-state index contributed by atoms with van der Waals surface area (Å²) in [4.78, 5) is 24.7. The van der Waals surface area contributed by atoms with Crippen molar-refractivity contribution in [3.63, 3.8) is 0 Å². The van der Waals surface area contributed by atoms with E-state index in [0.29, 0.717) is 12.3 Å². The number of ether oxygens (including phenoxy) is 2. The van der Waals surface area contributed by atoms with E-state index in [-0.39, 0.29) is 12.2 Å². The summed E-state index contributed by atoms with van der Waals surface area (Å²) in [5.74, 6) is -1.12. The summed E-state index contributed by atoms with van der Waals surface area (Å²) in [6, 6.07) is 0. The van der Waals surface area contributed by atoms with Gasteiger partial charge in [0.15, 0.2) is 5.92 Å². The fourth-order valence-corrected chi connectivity index (χ4v) is 3.18. The number of carbonyl (C=O) groups excluding carboxylic acids is 2. The van der Waals surface area contributed by atoms with Crippen LogP contribution in [0.3, 0.4) is 0 Å². The van der Waals surface area contributed by atoms with E-state index in [9.17, 15) is 9.59 Å². The zero-order chi connectivity index (χ0) is 17.2. The number of carbonyl (C=O) groups is 2. The van der Waals surface area contributed by atoms with Gasteiger partial charge in [0.05, 0.1) is 0 Å². The smallest absolute Gasteiger partial charge is 0.320 e. The molecule has 1 rings (SSSR count). The maximum absolute atomic E-state index is 12.4. The van der Waals surface area contributed by atoms with Crippen molar-refractivity contribution in [1.29, 1.82) is 0 Å². The van der Waals surface area contributed by atoms with Crippen LogP contribution in [0, 0.1) is 11.8 Å². The first kappa shape index (κ1) is 20.0. The van der Waals surface area contributed by atoms with Crippen molar-refractivity contribution < 1.29 is 19.1 Å². The molecule has 0 heterocycles. The van der Waals surface area contributed by atoms with Gasteiger partial charge >= 0.3 is 11.9 Å². The maximum Gasteiger partial charge on any atom is 0.320 e. The van der Waals surface area contributed by atoms with Crippen LogP contribution in [0.2, 0.25) is 0 Å². The highest BCUT2D eigenvalue weighted by atomic mass is 16.6. The number of hydrogen-bond donors (Lipinski definition) is 0. The molecule has 0 saturated heterocycles. The van der Waals surface area contributed by atoms with Crippen LogP contribution in [-0.2, 0) is 19.1 Å². The van der Waals surface area contributed by atoms with E-state index in [1.165, 1.54) is 6.42 Å². The lowest BCUT2D eigenvalue weighted by Gasteiger charge is -2.25. The van der Waals surface area contributed by atoms with Crippen molar-refractivity contribution in [2.24, 2.45) is 11.8 Å². The SMILES string of the molecule is CCCC(CC(C)C)OC(=O)C(CC)C(=O)OC1CCCCC1. The molecule has 2 unspecified atom stereocenters. The third-order valence-corrected chi connectivity index (χ3v) is 4.44. The quantitative estimate of drug-likeness (QED) is 0.457. The van der Waals surface area contributed by atoms with Gasteiger partial charge in [0.1, 0.15) is 12.2 Å². The van der Waals surface area contributed by atoms with Gasteiger partial charge in [-0.15, -0.1) is 0 Å². The van der Waals surface area contributed by atoms with Crippen molar-refractivity contribution in [3.8, 4) is 0 Å². The fourth-order valence-electron chi connectivity index (χ4n) is 3.18. The predicted octanol–water partition coefficient (Wildman–Crippen LogP) is 4.65. The van der Waals surface area contributed by atoms with Gasteiger partial charge in [0.25, 0.3) is 0 Å². The molecule has 2 atom stereocenters. The monoisotopic (exact) mass is 326 g/mol. The van der Waals surface area contributed by atoms with Gasteiger partial charge in [-0.2, -0.15) is 0 Å². The van der Waals surface area contributed by atoms with Gasteiger partial charge in [0, 0.05) is 0 Å². The van der Waals surface area contributed by atoms with Crippen molar-refractivity contribution in [1.82, 2.24) is 0 Å². The number of rotatable bonds is 9. The van der Waals surface area contributed by atoms with Crippen LogP contribution in [0.15, 0.2) is 0 Å². The molecule has 1 saturated carbocycles. The molecule has 0 aromatic rings. The molecular formula is C19H34O4. The third-order valence-electron chi connectivity index (χ3n) is 4.44. The topological polar surface area (TPSA) is 52.6 Å². The van der Waals surface area contributed by atoms with Gasteiger partial charge in [-0.05, 0) is 50.9 Å². The molecule has 134 valence electrons. The Morgan fingerprint density at radius 1 is 1.04 bits per heavy atom. The van der Waals surface area contributed by atoms with Crippen LogP contribution in [-0.4, -0.2) is 24.1 Å². The third kappa shape index (κ3) is 7.36. The second-order valence-corrected chi connectivity index (χ2v) is 7.13. The summed E-state index contributed by atoms with van der Waals surface area (Å²) in [6.45, 7) is 8.15. The standard InChI is InChI=1S/C19H34O4/c1-5-10-16(13-14(3)4)23-19(21)17(6-2)18(20)22-15-11-8-7-9-12-15/h14-17H,5-13H2,1-4H3. The van der Waals surface area contributed by atoms with Crippen molar-refractivity contribution in [2.45, 2.75) is 97.7 Å². The van der Waals surface area contributed by atoms with Crippen LogP contribution in [0.1, 0.15) is 85.5 Å². The summed E-state index contributed by atoms with van der Waals surface area (Å²) in [7, 11) is 0. The molecule has 0 radical (unpaired) electrons. The fraction of sp³-hybridized carbons (Fsp3) is 0.895. The Morgan fingerprint density at radius 3 is 2.22 bits per heavy atom. The Kier molecular flexibility index (Phi) is 9.27. The van der Waals surface area contributed by atoms with Crippen LogP contribution < -0.4 is 0 Å². The molecule has 4 heteroatoms. The molecule has 1 aliphatic rings. The Labute approximate surface area is 141 Å². The van der Waals surface area contributed by atoms with Crippen molar-refractivity contribution in [3.05, 3.63) is 0 Å². The molecule has 0 aromatic carbocycles. The predicted molar refractivity (Wildman–Crippen MR) is 91.0 cm³/mol. The molecule has 0 aliphatic heterocycles. The minimum atomic E-state index is -0.775. The lowest BCUT2D eigenvalue weighted by Crippen LogP contribution is -2.33. The largest absolute Gasteiger partial charge is 0.462 e. The molecule has 0 N–H and O–H groups in total. The normalized spacial score (nSPS) is 18.5. The Bertz CT molecular complexity index is 358. The molecule has 1 fully saturated rings.